The fraction of sp³-hybridized carbons (Fsp3) is 0.462. The smallest absolute Gasteiger partial charge is 0.283 e. The van der Waals surface area contributed by atoms with Gasteiger partial charge in [0, 0.05) is 17.6 Å². The Hall–Kier alpha value is -1.66. The van der Waals surface area contributed by atoms with Crippen LogP contribution in [0.1, 0.15) is 30.6 Å². The van der Waals surface area contributed by atoms with E-state index in [2.05, 4.69) is 5.32 Å². The number of nitro benzene ring substituents is 1. The molecular weight excluding hydrogens is 284 g/mol. The van der Waals surface area contributed by atoms with Crippen molar-refractivity contribution in [2.75, 3.05) is 6.54 Å². The Morgan fingerprint density at radius 2 is 2.15 bits per heavy atom. The summed E-state index contributed by atoms with van der Waals surface area (Å²) in [6, 6.07) is 3.83. The molecule has 2 N–H and O–H groups in total. The van der Waals surface area contributed by atoms with E-state index in [4.69, 9.17) is 11.6 Å². The molecule has 0 aliphatic heterocycles. The fourth-order valence-electron chi connectivity index (χ4n) is 1.78. The van der Waals surface area contributed by atoms with Gasteiger partial charge in [-0.15, -0.1) is 0 Å². The van der Waals surface area contributed by atoms with Crippen LogP contribution in [-0.2, 0) is 0 Å². The Kier molecular flexibility index (Phi) is 5.91. The highest BCUT2D eigenvalue weighted by molar-refractivity contribution is 6.31. The van der Waals surface area contributed by atoms with Gasteiger partial charge in [-0.05, 0) is 24.5 Å². The lowest BCUT2D eigenvalue weighted by atomic mass is 10.1. The normalized spacial score (nSPS) is 12.2. The second kappa shape index (κ2) is 7.21. The van der Waals surface area contributed by atoms with E-state index in [1.807, 2.05) is 13.8 Å². The average molecular weight is 301 g/mol. The minimum Gasteiger partial charge on any atom is -0.391 e. The highest BCUT2D eigenvalue weighted by Crippen LogP contribution is 2.23. The van der Waals surface area contributed by atoms with Gasteiger partial charge in [-0.2, -0.15) is 0 Å². The molecule has 0 saturated heterocycles. The van der Waals surface area contributed by atoms with E-state index in [-0.39, 0.29) is 22.8 Å². The van der Waals surface area contributed by atoms with Gasteiger partial charge < -0.3 is 10.4 Å². The van der Waals surface area contributed by atoms with Crippen LogP contribution in [0.25, 0.3) is 0 Å². The molecule has 0 heterocycles. The minimum atomic E-state index is -0.676. The van der Waals surface area contributed by atoms with Gasteiger partial charge in [0.25, 0.3) is 11.6 Å². The van der Waals surface area contributed by atoms with Crippen molar-refractivity contribution in [1.29, 1.82) is 0 Å². The van der Waals surface area contributed by atoms with Crippen molar-refractivity contribution >= 4 is 23.2 Å². The van der Waals surface area contributed by atoms with Crippen LogP contribution < -0.4 is 5.32 Å². The van der Waals surface area contributed by atoms with E-state index in [1.54, 1.807) is 0 Å². The third-order valence-electron chi connectivity index (χ3n) is 2.64. The van der Waals surface area contributed by atoms with E-state index in [0.29, 0.717) is 12.3 Å². The number of aliphatic hydroxyl groups is 1. The monoisotopic (exact) mass is 300 g/mol. The van der Waals surface area contributed by atoms with Crippen molar-refractivity contribution in [3.05, 3.63) is 38.9 Å². The summed E-state index contributed by atoms with van der Waals surface area (Å²) in [6.45, 7) is 3.96. The predicted molar refractivity (Wildman–Crippen MR) is 75.9 cm³/mol. The first-order valence-electron chi connectivity index (χ1n) is 6.21. The quantitative estimate of drug-likeness (QED) is 0.623. The number of hydrogen-bond acceptors (Lipinski definition) is 4. The number of rotatable bonds is 6. The first-order valence-corrected chi connectivity index (χ1v) is 6.59. The molecule has 1 atom stereocenters. The molecular formula is C13H17ClN2O4. The zero-order valence-corrected chi connectivity index (χ0v) is 12.1. The number of benzene rings is 1. The molecule has 1 amide bonds. The van der Waals surface area contributed by atoms with E-state index in [0.717, 1.165) is 6.07 Å². The molecule has 0 fully saturated rings. The number of nitrogens with zero attached hydrogens (tertiary/aromatic N) is 1. The number of nitrogens with one attached hydrogen (secondary N) is 1. The van der Waals surface area contributed by atoms with E-state index in [1.165, 1.54) is 12.1 Å². The van der Waals surface area contributed by atoms with Crippen LogP contribution in [0.5, 0.6) is 0 Å². The second-order valence-corrected chi connectivity index (χ2v) is 5.35. The van der Waals surface area contributed by atoms with Crippen LogP contribution in [0.4, 0.5) is 5.69 Å². The summed E-state index contributed by atoms with van der Waals surface area (Å²) in [5.74, 6) is -0.303. The number of hydrogen-bond donors (Lipinski definition) is 2. The largest absolute Gasteiger partial charge is 0.391 e. The highest BCUT2D eigenvalue weighted by atomic mass is 35.5. The topological polar surface area (TPSA) is 92.5 Å². The number of aliphatic hydroxyl groups excluding tert-OH is 1. The molecule has 1 aromatic rings. The SMILES string of the molecule is CC(C)CC(O)CNC(=O)c1ccc(Cl)cc1[N+](=O)[O-]. The van der Waals surface area contributed by atoms with Gasteiger partial charge in [-0.25, -0.2) is 0 Å². The van der Waals surface area contributed by atoms with Crippen molar-refractivity contribution < 1.29 is 14.8 Å². The molecule has 0 aromatic heterocycles. The fourth-order valence-corrected chi connectivity index (χ4v) is 1.95. The lowest BCUT2D eigenvalue weighted by Crippen LogP contribution is -2.33. The Balaban J connectivity index is 2.75. The van der Waals surface area contributed by atoms with Gasteiger partial charge in [0.1, 0.15) is 5.56 Å². The van der Waals surface area contributed by atoms with Gasteiger partial charge in [0.15, 0.2) is 0 Å². The number of halogens is 1. The number of nitro groups is 1. The lowest BCUT2D eigenvalue weighted by Gasteiger charge is -2.13. The van der Waals surface area contributed by atoms with Crippen molar-refractivity contribution in [3.63, 3.8) is 0 Å². The molecule has 0 bridgehead atoms. The van der Waals surface area contributed by atoms with Crippen molar-refractivity contribution in [1.82, 2.24) is 5.32 Å². The lowest BCUT2D eigenvalue weighted by molar-refractivity contribution is -0.385. The Morgan fingerprint density at radius 1 is 1.50 bits per heavy atom. The third kappa shape index (κ3) is 4.79. The molecule has 0 spiro atoms. The van der Waals surface area contributed by atoms with Gasteiger partial charge in [-0.1, -0.05) is 25.4 Å². The highest BCUT2D eigenvalue weighted by Gasteiger charge is 2.21. The molecule has 1 rings (SSSR count). The molecule has 6 nitrogen and oxygen atoms in total. The van der Waals surface area contributed by atoms with Gasteiger partial charge in [0.2, 0.25) is 0 Å². The van der Waals surface area contributed by atoms with Gasteiger partial charge in [0.05, 0.1) is 11.0 Å². The molecule has 7 heteroatoms. The average Bonchev–Trinajstić information content (AvgIpc) is 2.35. The molecule has 1 aromatic carbocycles. The summed E-state index contributed by atoms with van der Waals surface area (Å²) in [5, 5.41) is 23.2. The number of carbonyl (C=O) groups is 1. The Morgan fingerprint density at radius 3 is 2.70 bits per heavy atom. The molecule has 1 unspecified atom stereocenters. The molecule has 20 heavy (non-hydrogen) atoms. The van der Waals surface area contributed by atoms with Gasteiger partial charge >= 0.3 is 0 Å². The van der Waals surface area contributed by atoms with E-state index < -0.39 is 16.9 Å². The molecule has 0 saturated carbocycles. The third-order valence-corrected chi connectivity index (χ3v) is 2.88. The van der Waals surface area contributed by atoms with Crippen LogP contribution in [0.15, 0.2) is 18.2 Å². The predicted octanol–water partition coefficient (Wildman–Crippen LogP) is 2.39. The number of carbonyl (C=O) groups excluding carboxylic acids is 1. The van der Waals surface area contributed by atoms with Crippen molar-refractivity contribution in [2.45, 2.75) is 26.4 Å². The van der Waals surface area contributed by atoms with Crippen LogP contribution in [0.3, 0.4) is 0 Å². The standard InChI is InChI=1S/C13H17ClN2O4/c1-8(2)5-10(17)7-15-13(18)11-4-3-9(14)6-12(11)16(19)20/h3-4,6,8,10,17H,5,7H2,1-2H3,(H,15,18). The summed E-state index contributed by atoms with van der Waals surface area (Å²) < 4.78 is 0. The van der Waals surface area contributed by atoms with Crippen LogP contribution >= 0.6 is 11.6 Å². The summed E-state index contributed by atoms with van der Waals surface area (Å²) in [4.78, 5) is 22.1. The molecule has 0 radical (unpaired) electrons. The Labute approximate surface area is 121 Å². The maximum Gasteiger partial charge on any atom is 0.283 e. The minimum absolute atomic E-state index is 0.0524. The summed E-state index contributed by atoms with van der Waals surface area (Å²) in [7, 11) is 0. The van der Waals surface area contributed by atoms with E-state index in [9.17, 15) is 20.0 Å². The van der Waals surface area contributed by atoms with E-state index >= 15 is 0 Å². The van der Waals surface area contributed by atoms with Crippen molar-refractivity contribution in [3.8, 4) is 0 Å². The van der Waals surface area contributed by atoms with Crippen LogP contribution in [0, 0.1) is 16.0 Å². The zero-order valence-electron chi connectivity index (χ0n) is 11.3. The summed E-state index contributed by atoms with van der Waals surface area (Å²) in [6.07, 6.45) is -0.131. The molecule has 0 aliphatic carbocycles. The zero-order chi connectivity index (χ0) is 15.3. The first kappa shape index (κ1) is 16.4. The van der Waals surface area contributed by atoms with Crippen LogP contribution in [-0.4, -0.2) is 28.6 Å². The first-order chi connectivity index (χ1) is 9.31. The summed E-state index contributed by atoms with van der Waals surface area (Å²) >= 11 is 5.67. The maximum absolute atomic E-state index is 11.9. The molecule has 0 aliphatic rings. The summed E-state index contributed by atoms with van der Waals surface area (Å²) in [5.41, 5.74) is -0.426. The maximum atomic E-state index is 11.9. The van der Waals surface area contributed by atoms with Gasteiger partial charge in [-0.3, -0.25) is 14.9 Å². The molecule has 110 valence electrons. The number of amides is 1. The van der Waals surface area contributed by atoms with Crippen LogP contribution in [0.2, 0.25) is 5.02 Å². The van der Waals surface area contributed by atoms with Crippen molar-refractivity contribution in [2.24, 2.45) is 5.92 Å². The Bertz CT molecular complexity index is 505. The second-order valence-electron chi connectivity index (χ2n) is 4.91.